The number of aryl methyl sites for hydroxylation is 1. The van der Waals surface area contributed by atoms with Crippen LogP contribution in [-0.2, 0) is 5.54 Å². The molecular formula is C12H15N3. The van der Waals surface area contributed by atoms with Crippen LogP contribution in [0.15, 0.2) is 41.0 Å². The number of dihydropyridines is 1. The largest absolute Gasteiger partial charge is 0.400 e. The molecule has 0 amide bonds. The highest BCUT2D eigenvalue weighted by Crippen LogP contribution is 2.26. The molecule has 0 unspecified atom stereocenters. The molecule has 0 saturated carbocycles. The third kappa shape index (κ3) is 1.66. The van der Waals surface area contributed by atoms with Crippen molar-refractivity contribution < 1.29 is 0 Å². The number of hydrogen-bond acceptors (Lipinski definition) is 3. The van der Waals surface area contributed by atoms with Crippen molar-refractivity contribution in [3.8, 4) is 0 Å². The van der Waals surface area contributed by atoms with E-state index in [0.717, 1.165) is 5.56 Å². The Bertz CT molecular complexity index is 417. The molecule has 0 aliphatic carbocycles. The molecule has 0 bridgehead atoms. The maximum atomic E-state index is 6.27. The van der Waals surface area contributed by atoms with Crippen LogP contribution in [0.3, 0.4) is 0 Å². The Hall–Kier alpha value is -1.61. The normalized spacial score (nSPS) is 25.1. The minimum absolute atomic E-state index is 0.512. The summed E-state index contributed by atoms with van der Waals surface area (Å²) < 4.78 is 0. The number of allylic oxidation sites excluding steroid dienone is 1. The maximum absolute atomic E-state index is 6.27. The molecule has 3 nitrogen and oxygen atoms in total. The van der Waals surface area contributed by atoms with Gasteiger partial charge in [0, 0.05) is 11.9 Å². The van der Waals surface area contributed by atoms with Crippen LogP contribution in [0.25, 0.3) is 0 Å². The van der Waals surface area contributed by atoms with E-state index in [-0.39, 0.29) is 0 Å². The number of aliphatic imine (C=N–C) groups is 1. The molecule has 0 spiro atoms. The molecule has 78 valence electrons. The topological polar surface area (TPSA) is 64.4 Å². The minimum atomic E-state index is -0.636. The highest BCUT2D eigenvalue weighted by Gasteiger charge is 2.31. The summed E-state index contributed by atoms with van der Waals surface area (Å²) in [6.07, 6.45) is 3.47. The van der Waals surface area contributed by atoms with Gasteiger partial charge in [0.1, 0.15) is 5.54 Å². The smallest absolute Gasteiger partial charge is 0.101 e. The van der Waals surface area contributed by atoms with E-state index in [9.17, 15) is 0 Å². The van der Waals surface area contributed by atoms with Gasteiger partial charge < -0.3 is 11.5 Å². The molecule has 1 aliphatic heterocycles. The Morgan fingerprint density at radius 3 is 2.53 bits per heavy atom. The van der Waals surface area contributed by atoms with Gasteiger partial charge in [-0.25, -0.2) is 0 Å². The fourth-order valence-corrected chi connectivity index (χ4v) is 1.68. The van der Waals surface area contributed by atoms with Crippen molar-refractivity contribution in [3.63, 3.8) is 0 Å². The first kappa shape index (κ1) is 9.93. The predicted octanol–water partition coefficient (Wildman–Crippen LogP) is 1.08. The fourth-order valence-electron chi connectivity index (χ4n) is 1.68. The molecule has 1 aromatic rings. The van der Waals surface area contributed by atoms with Gasteiger partial charge in [-0.3, -0.25) is 4.99 Å². The molecule has 1 aromatic carbocycles. The summed E-state index contributed by atoms with van der Waals surface area (Å²) in [5, 5.41) is 0. The van der Waals surface area contributed by atoms with E-state index in [1.54, 1.807) is 12.3 Å². The summed E-state index contributed by atoms with van der Waals surface area (Å²) >= 11 is 0. The lowest BCUT2D eigenvalue weighted by atomic mass is 9.86. The first-order chi connectivity index (χ1) is 7.13. The van der Waals surface area contributed by atoms with Crippen molar-refractivity contribution in [2.45, 2.75) is 12.5 Å². The number of nitrogens with two attached hydrogens (primary N) is 2. The summed E-state index contributed by atoms with van der Waals surface area (Å²) in [4.78, 5) is 4.17. The van der Waals surface area contributed by atoms with E-state index in [0.29, 0.717) is 12.2 Å². The summed E-state index contributed by atoms with van der Waals surface area (Å²) in [7, 11) is 0. The Balaban J connectivity index is 2.42. The van der Waals surface area contributed by atoms with Crippen LogP contribution >= 0.6 is 0 Å². The molecule has 1 atom stereocenters. The van der Waals surface area contributed by atoms with E-state index < -0.39 is 5.54 Å². The zero-order valence-corrected chi connectivity index (χ0v) is 8.77. The summed E-state index contributed by atoms with van der Waals surface area (Å²) in [5.41, 5.74) is 14.5. The van der Waals surface area contributed by atoms with Gasteiger partial charge in [-0.2, -0.15) is 0 Å². The second kappa shape index (κ2) is 3.51. The van der Waals surface area contributed by atoms with Gasteiger partial charge in [0.05, 0.1) is 6.54 Å². The van der Waals surface area contributed by atoms with Crippen molar-refractivity contribution in [2.75, 3.05) is 6.54 Å². The third-order valence-electron chi connectivity index (χ3n) is 2.78. The number of hydrogen-bond donors (Lipinski definition) is 2. The Morgan fingerprint density at radius 2 is 1.93 bits per heavy atom. The molecule has 3 heteroatoms. The zero-order valence-electron chi connectivity index (χ0n) is 8.77. The van der Waals surface area contributed by atoms with Crippen molar-refractivity contribution in [1.29, 1.82) is 0 Å². The fraction of sp³-hybridized carbons (Fsp3) is 0.250. The first-order valence-electron chi connectivity index (χ1n) is 4.95. The number of nitrogens with zero attached hydrogens (tertiary/aromatic N) is 1. The average Bonchev–Trinajstić information content (AvgIpc) is 2.23. The monoisotopic (exact) mass is 201 g/mol. The van der Waals surface area contributed by atoms with E-state index in [1.807, 2.05) is 31.2 Å². The summed E-state index contributed by atoms with van der Waals surface area (Å²) in [5.74, 6) is 0. The predicted molar refractivity (Wildman–Crippen MR) is 62.7 cm³/mol. The van der Waals surface area contributed by atoms with Gasteiger partial charge in [-0.15, -0.1) is 0 Å². The highest BCUT2D eigenvalue weighted by molar-refractivity contribution is 5.74. The van der Waals surface area contributed by atoms with Gasteiger partial charge >= 0.3 is 0 Å². The molecule has 1 heterocycles. The van der Waals surface area contributed by atoms with Crippen LogP contribution in [0.1, 0.15) is 11.1 Å². The van der Waals surface area contributed by atoms with E-state index in [1.165, 1.54) is 5.56 Å². The lowest BCUT2D eigenvalue weighted by Crippen LogP contribution is -2.46. The second-order valence-electron chi connectivity index (χ2n) is 3.95. The summed E-state index contributed by atoms with van der Waals surface area (Å²) in [6, 6.07) is 8.10. The van der Waals surface area contributed by atoms with E-state index in [4.69, 9.17) is 11.5 Å². The third-order valence-corrected chi connectivity index (χ3v) is 2.78. The minimum Gasteiger partial charge on any atom is -0.400 e. The lowest BCUT2D eigenvalue weighted by Gasteiger charge is -2.30. The SMILES string of the molecule is Cc1ccc([C@]2(N)CN=CC=C2N)cc1. The maximum Gasteiger partial charge on any atom is 0.101 e. The van der Waals surface area contributed by atoms with Gasteiger partial charge in [-0.1, -0.05) is 29.8 Å². The Kier molecular flexibility index (Phi) is 2.32. The van der Waals surface area contributed by atoms with Gasteiger partial charge in [0.2, 0.25) is 0 Å². The first-order valence-corrected chi connectivity index (χ1v) is 4.95. The molecule has 15 heavy (non-hydrogen) atoms. The van der Waals surface area contributed by atoms with Crippen LogP contribution in [0.2, 0.25) is 0 Å². The van der Waals surface area contributed by atoms with E-state index >= 15 is 0 Å². The zero-order chi connectivity index (χ0) is 10.9. The van der Waals surface area contributed by atoms with Gasteiger partial charge in [0.25, 0.3) is 0 Å². The van der Waals surface area contributed by atoms with Gasteiger partial charge in [-0.05, 0) is 18.6 Å². The van der Waals surface area contributed by atoms with Crippen molar-refractivity contribution >= 4 is 6.21 Å². The quantitative estimate of drug-likeness (QED) is 0.714. The Labute approximate surface area is 89.5 Å². The van der Waals surface area contributed by atoms with Crippen LogP contribution in [-0.4, -0.2) is 12.8 Å². The molecule has 0 saturated heterocycles. The van der Waals surface area contributed by atoms with Crippen molar-refractivity contribution in [1.82, 2.24) is 0 Å². The Morgan fingerprint density at radius 1 is 1.27 bits per heavy atom. The molecule has 1 aliphatic rings. The highest BCUT2D eigenvalue weighted by atomic mass is 14.9. The van der Waals surface area contributed by atoms with Crippen molar-refractivity contribution in [3.05, 3.63) is 47.2 Å². The van der Waals surface area contributed by atoms with Crippen LogP contribution in [0, 0.1) is 6.92 Å². The van der Waals surface area contributed by atoms with Gasteiger partial charge in [0.15, 0.2) is 0 Å². The average molecular weight is 201 g/mol. The number of rotatable bonds is 1. The number of benzene rings is 1. The molecule has 0 aromatic heterocycles. The molecule has 0 fully saturated rings. The van der Waals surface area contributed by atoms with Crippen LogP contribution < -0.4 is 11.5 Å². The van der Waals surface area contributed by atoms with E-state index in [2.05, 4.69) is 4.99 Å². The molecule has 4 N–H and O–H groups in total. The van der Waals surface area contributed by atoms with Crippen LogP contribution in [0.5, 0.6) is 0 Å². The van der Waals surface area contributed by atoms with Crippen molar-refractivity contribution in [2.24, 2.45) is 16.5 Å². The molecular weight excluding hydrogens is 186 g/mol. The standard InChI is InChI=1S/C12H15N3/c1-9-2-4-10(5-3-9)12(14)8-15-7-6-11(12)13/h2-7H,8,13-14H2,1H3/t12-/m1/s1. The second-order valence-corrected chi connectivity index (χ2v) is 3.95. The molecule has 2 rings (SSSR count). The van der Waals surface area contributed by atoms with Crippen LogP contribution in [0.4, 0.5) is 0 Å². The summed E-state index contributed by atoms with van der Waals surface area (Å²) in [6.45, 7) is 2.56. The molecule has 0 radical (unpaired) electrons. The lowest BCUT2D eigenvalue weighted by molar-refractivity contribution is 0.530.